The van der Waals surface area contributed by atoms with Crippen LogP contribution in [-0.4, -0.2) is 9.55 Å². The molecular formula is C48H29FN2. The van der Waals surface area contributed by atoms with Gasteiger partial charge in [-0.3, -0.25) is 0 Å². The van der Waals surface area contributed by atoms with Crippen LogP contribution in [0.4, 0.5) is 4.39 Å². The molecule has 0 N–H and O–H groups in total. The minimum atomic E-state index is -0.996. The molecule has 2 aromatic heterocycles. The summed E-state index contributed by atoms with van der Waals surface area (Å²) >= 11 is 0. The summed E-state index contributed by atoms with van der Waals surface area (Å²) in [6.07, 6.45) is 0. The van der Waals surface area contributed by atoms with E-state index in [-0.39, 0.29) is 5.82 Å². The van der Waals surface area contributed by atoms with E-state index in [9.17, 15) is 0 Å². The molecule has 0 saturated carbocycles. The molecule has 2 nitrogen and oxygen atoms in total. The first-order valence-electron chi connectivity index (χ1n) is 17.2. The molecule has 1 aliphatic heterocycles. The Hall–Kier alpha value is -6.76. The van der Waals surface area contributed by atoms with E-state index in [2.05, 4.69) is 120 Å². The van der Waals surface area contributed by atoms with E-state index in [4.69, 9.17) is 4.98 Å². The first-order chi connectivity index (χ1) is 25.2. The number of pyridine rings is 1. The molecule has 9 aromatic rings. The summed E-state index contributed by atoms with van der Waals surface area (Å²) in [7, 11) is 0. The van der Waals surface area contributed by atoms with Gasteiger partial charge in [-0.1, -0.05) is 133 Å². The van der Waals surface area contributed by atoms with Crippen molar-refractivity contribution in [2.45, 2.75) is 5.41 Å². The van der Waals surface area contributed by atoms with Crippen LogP contribution in [-0.2, 0) is 5.41 Å². The van der Waals surface area contributed by atoms with E-state index >= 15 is 4.39 Å². The second kappa shape index (κ2) is 11.4. The molecule has 0 bridgehead atoms. The summed E-state index contributed by atoms with van der Waals surface area (Å²) in [6, 6.07) is 66.1. The highest BCUT2D eigenvalue weighted by atomic mass is 19.1. The van der Waals surface area contributed by atoms with Crippen LogP contribution < -0.4 is 0 Å². The minimum absolute atomic E-state index is 0.259. The molecule has 51 heavy (non-hydrogen) atoms. The van der Waals surface area contributed by atoms with Gasteiger partial charge in [0.25, 0.3) is 0 Å². The van der Waals surface area contributed by atoms with Gasteiger partial charge in [-0.25, -0.2) is 9.37 Å². The van der Waals surface area contributed by atoms with E-state index in [1.54, 1.807) is 12.1 Å². The average molecular weight is 653 g/mol. The monoisotopic (exact) mass is 652 g/mol. The Bertz CT molecular complexity index is 2690. The zero-order valence-corrected chi connectivity index (χ0v) is 27.5. The number of halogens is 1. The molecule has 0 fully saturated rings. The number of hydrogen-bond acceptors (Lipinski definition) is 1. The molecule has 0 saturated heterocycles. The Labute approximate surface area is 295 Å². The number of rotatable bonds is 5. The summed E-state index contributed by atoms with van der Waals surface area (Å²) in [6.45, 7) is 0. The lowest BCUT2D eigenvalue weighted by atomic mass is 9.62. The molecule has 1 atom stereocenters. The van der Waals surface area contributed by atoms with Gasteiger partial charge in [-0.15, -0.1) is 0 Å². The third-order valence-electron chi connectivity index (χ3n) is 10.4. The average Bonchev–Trinajstić information content (AvgIpc) is 3.55. The van der Waals surface area contributed by atoms with Gasteiger partial charge >= 0.3 is 0 Å². The predicted molar refractivity (Wildman–Crippen MR) is 204 cm³/mol. The van der Waals surface area contributed by atoms with E-state index < -0.39 is 5.41 Å². The maximum atomic E-state index is 16.6. The van der Waals surface area contributed by atoms with Crippen molar-refractivity contribution in [3.8, 4) is 39.3 Å². The van der Waals surface area contributed by atoms with Crippen LogP contribution in [0.2, 0.25) is 0 Å². The summed E-state index contributed by atoms with van der Waals surface area (Å²) < 4.78 is 19.0. The molecule has 0 amide bonds. The fraction of sp³-hybridized carbons (Fsp3) is 0.0208. The lowest BCUT2D eigenvalue weighted by Crippen LogP contribution is -2.36. The van der Waals surface area contributed by atoms with Crippen LogP contribution in [0.3, 0.4) is 0 Å². The molecule has 238 valence electrons. The zero-order chi connectivity index (χ0) is 33.9. The molecule has 1 unspecified atom stereocenters. The lowest BCUT2D eigenvalue weighted by molar-refractivity contribution is 0.579. The van der Waals surface area contributed by atoms with E-state index in [0.29, 0.717) is 5.56 Å². The normalized spacial score (nSPS) is 14.7. The molecule has 0 radical (unpaired) electrons. The Kier molecular flexibility index (Phi) is 6.53. The van der Waals surface area contributed by atoms with Crippen LogP contribution in [0.1, 0.15) is 22.3 Å². The van der Waals surface area contributed by atoms with Crippen molar-refractivity contribution in [1.82, 2.24) is 9.55 Å². The third kappa shape index (κ3) is 4.34. The molecule has 0 aliphatic carbocycles. The number of aromatic nitrogens is 2. The molecule has 3 heterocycles. The Morgan fingerprint density at radius 3 is 1.90 bits per heavy atom. The van der Waals surface area contributed by atoms with Crippen molar-refractivity contribution in [3.63, 3.8) is 0 Å². The fourth-order valence-corrected chi connectivity index (χ4v) is 8.24. The second-order valence-corrected chi connectivity index (χ2v) is 13.1. The van der Waals surface area contributed by atoms with Crippen molar-refractivity contribution < 1.29 is 4.39 Å². The molecule has 0 spiro atoms. The van der Waals surface area contributed by atoms with Crippen molar-refractivity contribution in [2.75, 3.05) is 0 Å². The maximum Gasteiger partial charge on any atom is 0.127 e. The van der Waals surface area contributed by atoms with Gasteiger partial charge in [0.15, 0.2) is 0 Å². The lowest BCUT2D eigenvalue weighted by Gasteiger charge is -2.41. The van der Waals surface area contributed by atoms with Crippen molar-refractivity contribution in [2.24, 2.45) is 0 Å². The van der Waals surface area contributed by atoms with E-state index in [1.807, 2.05) is 60.7 Å². The molecular weight excluding hydrogens is 624 g/mol. The van der Waals surface area contributed by atoms with Gasteiger partial charge in [-0.05, 0) is 82.4 Å². The largest absolute Gasteiger partial charge is 0.309 e. The first kappa shape index (κ1) is 29.2. The van der Waals surface area contributed by atoms with Crippen LogP contribution in [0.25, 0.3) is 61.1 Å². The highest BCUT2D eigenvalue weighted by molar-refractivity contribution is 6.12. The summed E-state index contributed by atoms with van der Waals surface area (Å²) in [4.78, 5) is 5.14. The van der Waals surface area contributed by atoms with Crippen molar-refractivity contribution in [1.29, 1.82) is 0 Å². The Morgan fingerprint density at radius 1 is 0.510 bits per heavy atom. The van der Waals surface area contributed by atoms with Gasteiger partial charge < -0.3 is 4.57 Å². The second-order valence-electron chi connectivity index (χ2n) is 13.1. The van der Waals surface area contributed by atoms with Gasteiger partial charge in [0.2, 0.25) is 0 Å². The van der Waals surface area contributed by atoms with Gasteiger partial charge in [0.05, 0.1) is 33.5 Å². The Morgan fingerprint density at radius 2 is 1.18 bits per heavy atom. The summed E-state index contributed by atoms with van der Waals surface area (Å²) in [5.41, 5.74) is 11.7. The minimum Gasteiger partial charge on any atom is -0.309 e. The topological polar surface area (TPSA) is 17.8 Å². The number of fused-ring (bicyclic) bond motifs is 5. The van der Waals surface area contributed by atoms with Crippen LogP contribution in [0.5, 0.6) is 0 Å². The quantitative estimate of drug-likeness (QED) is 0.181. The highest BCUT2D eigenvalue weighted by Gasteiger charge is 2.47. The smallest absolute Gasteiger partial charge is 0.127 e. The van der Waals surface area contributed by atoms with Crippen molar-refractivity contribution in [3.05, 3.63) is 216 Å². The van der Waals surface area contributed by atoms with Crippen LogP contribution >= 0.6 is 0 Å². The molecule has 7 aromatic carbocycles. The highest BCUT2D eigenvalue weighted by Crippen LogP contribution is 2.55. The standard InChI is InChI=1S/C48H29FN2/c49-42-25-12-11-23-39(42)48(36-19-8-3-9-20-36)40-24-14-22-38-37-21-10-13-26-45(37)51(47(38)40)46-28-27-34(29-41(46)48)35-30-43(32-15-4-1-5-16-32)50-44(31-35)33-17-6-2-7-18-33/h1-2,4-8,10-31H. The van der Waals surface area contributed by atoms with Crippen LogP contribution in [0.15, 0.2) is 176 Å². The van der Waals surface area contributed by atoms with Crippen LogP contribution in [0, 0.1) is 17.9 Å². The van der Waals surface area contributed by atoms with Crippen molar-refractivity contribution >= 4 is 21.8 Å². The van der Waals surface area contributed by atoms with E-state index in [1.165, 1.54) is 0 Å². The van der Waals surface area contributed by atoms with Gasteiger partial charge in [0, 0.05) is 27.5 Å². The predicted octanol–water partition coefficient (Wildman–Crippen LogP) is 11.6. The molecule has 10 rings (SSSR count). The Balaban J connectivity index is 1.34. The summed E-state index contributed by atoms with van der Waals surface area (Å²) in [5.74, 6) is -0.259. The SMILES string of the molecule is Fc1ccccc1C1(c2cc#ccc2)c2cc(-c3cc(-c4ccccc4)nc(-c4ccccc4)c3)ccc2-n2c3ccccc3c3cccc1c32. The molecule has 1 aliphatic rings. The van der Waals surface area contributed by atoms with E-state index in [0.717, 1.165) is 77.8 Å². The number of nitrogens with zero attached hydrogens (tertiary/aromatic N) is 2. The van der Waals surface area contributed by atoms with Gasteiger partial charge in [0.1, 0.15) is 5.82 Å². The number of benzene rings is 6. The zero-order valence-electron chi connectivity index (χ0n) is 27.5. The summed E-state index contributed by atoms with van der Waals surface area (Å²) in [5, 5.41) is 2.30. The third-order valence-corrected chi connectivity index (χ3v) is 10.4. The molecule has 3 heteroatoms. The number of hydrogen-bond donors (Lipinski definition) is 0. The fourth-order valence-electron chi connectivity index (χ4n) is 8.24. The first-order valence-corrected chi connectivity index (χ1v) is 17.2. The number of para-hydroxylation sites is 2. The maximum absolute atomic E-state index is 16.6. The van der Waals surface area contributed by atoms with Gasteiger partial charge in [-0.2, -0.15) is 0 Å².